The largest absolute Gasteiger partial charge is 0.496 e. The topological polar surface area (TPSA) is 21.6 Å². The number of ether oxygens (including phenoxy) is 1. The lowest BCUT2D eigenvalue weighted by Crippen LogP contribution is -2.16. The molecule has 2 nitrogen and oxygen atoms in total. The molecule has 0 atom stereocenters. The van der Waals surface area contributed by atoms with Gasteiger partial charge >= 0.3 is 6.18 Å². The Labute approximate surface area is 95.7 Å². The van der Waals surface area contributed by atoms with Gasteiger partial charge in [0.2, 0.25) is 5.17 Å². The second-order valence-electron chi connectivity index (χ2n) is 3.00. The number of hydrogen-bond acceptors (Lipinski definition) is 2. The molecule has 0 bridgehead atoms. The number of methoxy groups -OCH3 is 1. The van der Waals surface area contributed by atoms with Crippen molar-refractivity contribution in [2.75, 3.05) is 7.11 Å². The maximum Gasteiger partial charge on any atom is 0.444 e. The van der Waals surface area contributed by atoms with Crippen LogP contribution in [0.4, 0.5) is 18.9 Å². The zero-order valence-corrected chi connectivity index (χ0v) is 9.36. The second kappa shape index (κ2) is 4.74. The first-order valence-electron chi connectivity index (χ1n) is 4.31. The van der Waals surface area contributed by atoms with Crippen LogP contribution in [0.25, 0.3) is 0 Å². The third-order valence-electron chi connectivity index (χ3n) is 1.93. The summed E-state index contributed by atoms with van der Waals surface area (Å²) in [5.74, 6) is 0.466. The van der Waals surface area contributed by atoms with E-state index in [9.17, 15) is 13.2 Å². The van der Waals surface area contributed by atoms with Gasteiger partial charge in [-0.25, -0.2) is 4.99 Å². The summed E-state index contributed by atoms with van der Waals surface area (Å²) in [4.78, 5) is 3.32. The van der Waals surface area contributed by atoms with Crippen LogP contribution in [-0.4, -0.2) is 18.5 Å². The minimum absolute atomic E-state index is 0.140. The van der Waals surface area contributed by atoms with Gasteiger partial charge in [0, 0.05) is 5.56 Å². The molecule has 16 heavy (non-hydrogen) atoms. The quantitative estimate of drug-likeness (QED) is 0.732. The summed E-state index contributed by atoms with van der Waals surface area (Å²) in [6.45, 7) is 1.61. The first kappa shape index (κ1) is 12.8. The maximum atomic E-state index is 12.2. The van der Waals surface area contributed by atoms with Crippen LogP contribution in [0.3, 0.4) is 0 Å². The third-order valence-corrected chi connectivity index (χ3v) is 2.23. The SMILES string of the molecule is COc1cccc(N=C(Cl)C(F)(F)F)c1C. The number of rotatable bonds is 2. The molecule has 1 rings (SSSR count). The Morgan fingerprint density at radius 2 is 2.00 bits per heavy atom. The number of aliphatic imine (C=N–C) groups is 1. The minimum Gasteiger partial charge on any atom is -0.496 e. The van der Waals surface area contributed by atoms with Crippen LogP contribution in [0.15, 0.2) is 23.2 Å². The Morgan fingerprint density at radius 3 is 2.50 bits per heavy atom. The lowest BCUT2D eigenvalue weighted by molar-refractivity contribution is -0.0558. The monoisotopic (exact) mass is 251 g/mol. The number of hydrogen-bond donors (Lipinski definition) is 0. The van der Waals surface area contributed by atoms with Crippen molar-refractivity contribution in [3.63, 3.8) is 0 Å². The van der Waals surface area contributed by atoms with E-state index >= 15 is 0 Å². The van der Waals surface area contributed by atoms with Crippen molar-refractivity contribution in [2.45, 2.75) is 13.1 Å². The summed E-state index contributed by atoms with van der Waals surface area (Å²) in [6, 6.07) is 4.62. The van der Waals surface area contributed by atoms with Gasteiger partial charge in [-0.15, -0.1) is 0 Å². The van der Waals surface area contributed by atoms with Crippen LogP contribution >= 0.6 is 11.6 Å². The molecule has 0 aliphatic rings. The summed E-state index contributed by atoms with van der Waals surface area (Å²) in [7, 11) is 1.43. The van der Waals surface area contributed by atoms with Gasteiger partial charge in [-0.3, -0.25) is 0 Å². The van der Waals surface area contributed by atoms with Crippen molar-refractivity contribution in [3.05, 3.63) is 23.8 Å². The van der Waals surface area contributed by atoms with E-state index in [0.717, 1.165) is 0 Å². The summed E-state index contributed by atoms with van der Waals surface area (Å²) in [5, 5.41) is -1.40. The fourth-order valence-electron chi connectivity index (χ4n) is 1.11. The first-order chi connectivity index (χ1) is 7.36. The van der Waals surface area contributed by atoms with Crippen molar-refractivity contribution >= 4 is 22.5 Å². The molecule has 0 fully saturated rings. The van der Waals surface area contributed by atoms with Gasteiger partial charge in [0.1, 0.15) is 5.75 Å². The predicted octanol–water partition coefficient (Wildman–Crippen LogP) is 3.83. The fraction of sp³-hybridized carbons (Fsp3) is 0.300. The molecule has 88 valence electrons. The molecule has 0 aliphatic heterocycles. The Bertz CT molecular complexity index is 415. The van der Waals surface area contributed by atoms with E-state index in [1.807, 2.05) is 0 Å². The van der Waals surface area contributed by atoms with Crippen molar-refractivity contribution in [2.24, 2.45) is 4.99 Å². The van der Waals surface area contributed by atoms with Gasteiger partial charge in [0.25, 0.3) is 0 Å². The van der Waals surface area contributed by atoms with Crippen LogP contribution in [0.2, 0.25) is 0 Å². The molecule has 0 aliphatic carbocycles. The first-order valence-corrected chi connectivity index (χ1v) is 4.69. The van der Waals surface area contributed by atoms with Gasteiger partial charge in [-0.05, 0) is 19.1 Å². The zero-order chi connectivity index (χ0) is 12.3. The highest BCUT2D eigenvalue weighted by atomic mass is 35.5. The smallest absolute Gasteiger partial charge is 0.444 e. The lowest BCUT2D eigenvalue weighted by atomic mass is 10.2. The number of halogens is 4. The molecule has 0 N–H and O–H groups in total. The molecule has 6 heteroatoms. The van der Waals surface area contributed by atoms with Crippen LogP contribution in [0.5, 0.6) is 5.75 Å². The summed E-state index contributed by atoms with van der Waals surface area (Å²) < 4.78 is 41.4. The molecular weight excluding hydrogens is 243 g/mol. The zero-order valence-electron chi connectivity index (χ0n) is 8.60. The Balaban J connectivity index is 3.16. The number of nitrogens with zero attached hydrogens (tertiary/aromatic N) is 1. The van der Waals surface area contributed by atoms with Gasteiger partial charge in [-0.1, -0.05) is 17.7 Å². The van der Waals surface area contributed by atoms with Crippen molar-refractivity contribution < 1.29 is 17.9 Å². The van der Waals surface area contributed by atoms with Crippen molar-refractivity contribution in [1.82, 2.24) is 0 Å². The van der Waals surface area contributed by atoms with E-state index in [-0.39, 0.29) is 5.69 Å². The molecule has 0 saturated heterocycles. The molecule has 0 amide bonds. The molecule has 0 spiro atoms. The summed E-state index contributed by atoms with van der Waals surface area (Å²) in [5.41, 5.74) is 0.647. The van der Waals surface area contributed by atoms with E-state index in [4.69, 9.17) is 16.3 Å². The molecule has 1 aromatic rings. The van der Waals surface area contributed by atoms with E-state index in [1.165, 1.54) is 13.2 Å². The number of alkyl halides is 3. The Kier molecular flexibility index (Phi) is 3.80. The van der Waals surface area contributed by atoms with Crippen molar-refractivity contribution in [3.8, 4) is 5.75 Å². The van der Waals surface area contributed by atoms with Gasteiger partial charge < -0.3 is 4.74 Å². The normalized spacial score (nSPS) is 12.8. The van der Waals surface area contributed by atoms with E-state index in [2.05, 4.69) is 4.99 Å². The van der Waals surface area contributed by atoms with Crippen LogP contribution in [-0.2, 0) is 0 Å². The molecular formula is C10H9ClF3NO. The average Bonchev–Trinajstić information content (AvgIpc) is 2.19. The highest BCUT2D eigenvalue weighted by Gasteiger charge is 2.34. The van der Waals surface area contributed by atoms with Gasteiger partial charge in [0.05, 0.1) is 12.8 Å². The Hall–Kier alpha value is -1.23. The highest BCUT2D eigenvalue weighted by molar-refractivity contribution is 6.67. The number of benzene rings is 1. The lowest BCUT2D eigenvalue weighted by Gasteiger charge is -2.08. The molecule has 0 heterocycles. The summed E-state index contributed by atoms with van der Waals surface area (Å²) >= 11 is 5.04. The second-order valence-corrected chi connectivity index (χ2v) is 3.36. The molecule has 0 aromatic heterocycles. The Morgan fingerprint density at radius 1 is 1.38 bits per heavy atom. The van der Waals surface area contributed by atoms with Crippen LogP contribution in [0, 0.1) is 6.92 Å². The van der Waals surface area contributed by atoms with E-state index in [1.54, 1.807) is 19.1 Å². The van der Waals surface area contributed by atoms with E-state index < -0.39 is 11.3 Å². The fourth-order valence-corrected chi connectivity index (χ4v) is 1.21. The minimum atomic E-state index is -4.63. The van der Waals surface area contributed by atoms with Gasteiger partial charge in [-0.2, -0.15) is 13.2 Å². The molecule has 0 saturated carbocycles. The predicted molar refractivity (Wildman–Crippen MR) is 56.7 cm³/mol. The van der Waals surface area contributed by atoms with Gasteiger partial charge in [0.15, 0.2) is 0 Å². The third kappa shape index (κ3) is 2.88. The summed E-state index contributed by atoms with van der Waals surface area (Å²) in [6.07, 6.45) is -4.63. The van der Waals surface area contributed by atoms with Crippen LogP contribution < -0.4 is 4.74 Å². The average molecular weight is 252 g/mol. The highest BCUT2D eigenvalue weighted by Crippen LogP contribution is 2.30. The van der Waals surface area contributed by atoms with Crippen LogP contribution in [0.1, 0.15) is 5.56 Å². The van der Waals surface area contributed by atoms with Crippen molar-refractivity contribution in [1.29, 1.82) is 0 Å². The molecule has 0 radical (unpaired) electrons. The van der Waals surface area contributed by atoms with E-state index in [0.29, 0.717) is 11.3 Å². The molecule has 1 aromatic carbocycles. The standard InChI is InChI=1S/C10H9ClF3NO/c1-6-7(4-3-5-8(6)16-2)15-9(11)10(12,13)14/h3-5H,1-2H3. The maximum absolute atomic E-state index is 12.2. The molecule has 0 unspecified atom stereocenters.